The summed E-state index contributed by atoms with van der Waals surface area (Å²) in [5, 5.41) is 15.1. The second-order valence-electron chi connectivity index (χ2n) is 9.35. The highest BCUT2D eigenvalue weighted by Crippen LogP contribution is 2.38. The molecule has 0 aliphatic heterocycles. The Bertz CT molecular complexity index is 1270. The minimum atomic E-state index is -0.575. The van der Waals surface area contributed by atoms with E-state index in [1.165, 1.54) is 33.5 Å². The first-order valence-electron chi connectivity index (χ1n) is 12.7. The standard InChI is InChI=1S/C28H35ClN2O8/c1-17(2)16-38-27(33)18-11-22(29)21-15-30-31(23(21)12-18)9-6-7-20(8-10-32)39-28(34)19-13-24(35-3)26(37-5)25(14-19)36-4/h11-15,17,20,32H,6-10,16H2,1-5H3. The maximum atomic E-state index is 12.9. The number of ether oxygens (including phenoxy) is 5. The first-order valence-corrected chi connectivity index (χ1v) is 13.0. The van der Waals surface area contributed by atoms with E-state index in [1.807, 2.05) is 13.8 Å². The van der Waals surface area contributed by atoms with E-state index in [2.05, 4.69) is 5.10 Å². The number of rotatable bonds is 14. The maximum Gasteiger partial charge on any atom is 0.338 e. The molecule has 1 heterocycles. The molecule has 1 N–H and O–H groups in total. The number of aliphatic hydroxyl groups is 1. The number of aryl methyl sites for hydroxylation is 1. The van der Waals surface area contributed by atoms with Crippen LogP contribution in [0.3, 0.4) is 0 Å². The average molecular weight is 563 g/mol. The molecule has 1 atom stereocenters. The molecule has 0 bridgehead atoms. The summed E-state index contributed by atoms with van der Waals surface area (Å²) in [6, 6.07) is 6.33. The van der Waals surface area contributed by atoms with Gasteiger partial charge in [-0.15, -0.1) is 0 Å². The number of halogens is 1. The molecule has 39 heavy (non-hydrogen) atoms. The van der Waals surface area contributed by atoms with Crippen molar-refractivity contribution in [3.05, 3.63) is 46.6 Å². The first kappa shape index (κ1) is 30.0. The van der Waals surface area contributed by atoms with Crippen LogP contribution in [0.4, 0.5) is 0 Å². The van der Waals surface area contributed by atoms with Crippen LogP contribution in [0, 0.1) is 5.92 Å². The number of aliphatic hydroxyl groups excluding tert-OH is 1. The van der Waals surface area contributed by atoms with Crippen LogP contribution < -0.4 is 14.2 Å². The Morgan fingerprint density at radius 2 is 1.64 bits per heavy atom. The van der Waals surface area contributed by atoms with Gasteiger partial charge in [-0.3, -0.25) is 4.68 Å². The van der Waals surface area contributed by atoms with Crippen molar-refractivity contribution in [2.45, 2.75) is 45.8 Å². The quantitative estimate of drug-likeness (QED) is 0.273. The summed E-state index contributed by atoms with van der Waals surface area (Å²) in [4.78, 5) is 25.4. The summed E-state index contributed by atoms with van der Waals surface area (Å²) in [5.74, 6) is 0.230. The average Bonchev–Trinajstić information content (AvgIpc) is 3.34. The minimum Gasteiger partial charge on any atom is -0.493 e. The number of hydrogen-bond acceptors (Lipinski definition) is 9. The monoisotopic (exact) mass is 562 g/mol. The Morgan fingerprint density at radius 3 is 2.23 bits per heavy atom. The lowest BCUT2D eigenvalue weighted by Crippen LogP contribution is -2.20. The van der Waals surface area contributed by atoms with E-state index in [9.17, 15) is 14.7 Å². The lowest BCUT2D eigenvalue weighted by atomic mass is 10.1. The molecule has 0 amide bonds. The normalized spacial score (nSPS) is 11.9. The molecule has 212 valence electrons. The first-order chi connectivity index (χ1) is 18.7. The van der Waals surface area contributed by atoms with Crippen LogP contribution in [0.25, 0.3) is 10.9 Å². The third-order valence-corrected chi connectivity index (χ3v) is 6.33. The Kier molecular flexibility index (Phi) is 10.8. The predicted octanol–water partition coefficient (Wildman–Crippen LogP) is 4.92. The Hall–Kier alpha value is -3.50. The fraction of sp³-hybridized carbons (Fsp3) is 0.464. The molecule has 10 nitrogen and oxygen atoms in total. The van der Waals surface area contributed by atoms with Crippen molar-refractivity contribution in [2.75, 3.05) is 34.5 Å². The van der Waals surface area contributed by atoms with E-state index in [0.717, 1.165) is 5.39 Å². The van der Waals surface area contributed by atoms with Gasteiger partial charge in [-0.05, 0) is 43.0 Å². The molecule has 3 rings (SSSR count). The van der Waals surface area contributed by atoms with Crippen LogP contribution in [-0.4, -0.2) is 67.5 Å². The molecule has 0 radical (unpaired) electrons. The molecule has 0 saturated heterocycles. The van der Waals surface area contributed by atoms with Gasteiger partial charge in [0.05, 0.1) is 55.8 Å². The van der Waals surface area contributed by atoms with Gasteiger partial charge in [0.1, 0.15) is 6.10 Å². The van der Waals surface area contributed by atoms with Crippen LogP contribution in [0.1, 0.15) is 53.8 Å². The van der Waals surface area contributed by atoms with Crippen LogP contribution in [0.2, 0.25) is 5.02 Å². The lowest BCUT2D eigenvalue weighted by molar-refractivity contribution is 0.0211. The second kappa shape index (κ2) is 14.0. The summed E-state index contributed by atoms with van der Waals surface area (Å²) < 4.78 is 28.7. The molecule has 2 aromatic carbocycles. The van der Waals surface area contributed by atoms with E-state index in [0.29, 0.717) is 59.3 Å². The van der Waals surface area contributed by atoms with E-state index in [-0.39, 0.29) is 24.5 Å². The third kappa shape index (κ3) is 7.54. The number of aromatic nitrogens is 2. The molecule has 0 saturated carbocycles. The molecule has 0 aliphatic rings. The van der Waals surface area contributed by atoms with E-state index in [1.54, 1.807) is 23.0 Å². The summed E-state index contributed by atoms with van der Waals surface area (Å²) in [5.41, 5.74) is 1.29. The summed E-state index contributed by atoms with van der Waals surface area (Å²) >= 11 is 6.41. The number of hydrogen-bond donors (Lipinski definition) is 1. The van der Waals surface area contributed by atoms with Crippen LogP contribution in [0.15, 0.2) is 30.5 Å². The zero-order valence-corrected chi connectivity index (χ0v) is 23.6. The van der Waals surface area contributed by atoms with Gasteiger partial charge in [-0.25, -0.2) is 9.59 Å². The van der Waals surface area contributed by atoms with Gasteiger partial charge in [-0.2, -0.15) is 5.10 Å². The largest absolute Gasteiger partial charge is 0.493 e. The number of carbonyl (C=O) groups excluding carboxylic acids is 2. The molecule has 11 heteroatoms. The van der Waals surface area contributed by atoms with Gasteiger partial charge in [0.15, 0.2) is 11.5 Å². The van der Waals surface area contributed by atoms with Gasteiger partial charge >= 0.3 is 11.9 Å². The van der Waals surface area contributed by atoms with Gasteiger partial charge in [-0.1, -0.05) is 25.4 Å². The fourth-order valence-electron chi connectivity index (χ4n) is 4.05. The molecular formula is C28H35ClN2O8. The number of fused-ring (bicyclic) bond motifs is 1. The van der Waals surface area contributed by atoms with Crippen molar-refractivity contribution < 1.29 is 38.4 Å². The van der Waals surface area contributed by atoms with Gasteiger partial charge < -0.3 is 28.8 Å². The van der Waals surface area contributed by atoms with Gasteiger partial charge in [0.25, 0.3) is 0 Å². The van der Waals surface area contributed by atoms with Crippen molar-refractivity contribution >= 4 is 34.4 Å². The van der Waals surface area contributed by atoms with Gasteiger partial charge in [0, 0.05) is 25.0 Å². The molecule has 3 aromatic rings. The predicted molar refractivity (Wildman–Crippen MR) is 146 cm³/mol. The van der Waals surface area contributed by atoms with Crippen molar-refractivity contribution in [3.63, 3.8) is 0 Å². The molecule has 1 unspecified atom stereocenters. The molecule has 1 aromatic heterocycles. The summed E-state index contributed by atoms with van der Waals surface area (Å²) in [7, 11) is 4.40. The Morgan fingerprint density at radius 1 is 0.974 bits per heavy atom. The zero-order valence-electron chi connectivity index (χ0n) is 22.9. The smallest absolute Gasteiger partial charge is 0.338 e. The van der Waals surface area contributed by atoms with Crippen LogP contribution in [-0.2, 0) is 16.0 Å². The van der Waals surface area contributed by atoms with E-state index < -0.39 is 18.0 Å². The Balaban J connectivity index is 1.70. The van der Waals surface area contributed by atoms with Crippen molar-refractivity contribution in [3.8, 4) is 17.2 Å². The van der Waals surface area contributed by atoms with Gasteiger partial charge in [0.2, 0.25) is 5.75 Å². The van der Waals surface area contributed by atoms with Crippen molar-refractivity contribution in [1.82, 2.24) is 9.78 Å². The highest BCUT2D eigenvalue weighted by atomic mass is 35.5. The highest BCUT2D eigenvalue weighted by Gasteiger charge is 2.21. The van der Waals surface area contributed by atoms with E-state index >= 15 is 0 Å². The molecular weight excluding hydrogens is 528 g/mol. The minimum absolute atomic E-state index is 0.143. The zero-order chi connectivity index (χ0) is 28.5. The van der Waals surface area contributed by atoms with Crippen LogP contribution >= 0.6 is 11.6 Å². The second-order valence-corrected chi connectivity index (χ2v) is 9.75. The molecule has 0 aliphatic carbocycles. The maximum absolute atomic E-state index is 12.9. The summed E-state index contributed by atoms with van der Waals surface area (Å²) in [6.07, 6.45) is 2.45. The highest BCUT2D eigenvalue weighted by molar-refractivity contribution is 6.35. The molecule has 0 spiro atoms. The summed E-state index contributed by atoms with van der Waals surface area (Å²) in [6.45, 7) is 4.58. The number of nitrogens with zero attached hydrogens (tertiary/aromatic N) is 2. The lowest BCUT2D eigenvalue weighted by Gasteiger charge is -2.18. The van der Waals surface area contributed by atoms with Crippen molar-refractivity contribution in [1.29, 1.82) is 0 Å². The number of methoxy groups -OCH3 is 3. The fourth-order valence-corrected chi connectivity index (χ4v) is 4.31. The number of carbonyl (C=O) groups is 2. The number of benzene rings is 2. The topological polar surface area (TPSA) is 118 Å². The SMILES string of the molecule is COc1cc(C(=O)OC(CCO)CCCn2ncc3c(Cl)cc(C(=O)OCC(C)C)cc32)cc(OC)c1OC. The third-order valence-electron chi connectivity index (χ3n) is 6.02. The molecule has 0 fully saturated rings. The Labute approximate surface area is 232 Å². The van der Waals surface area contributed by atoms with Crippen molar-refractivity contribution in [2.24, 2.45) is 5.92 Å². The number of esters is 2. The van der Waals surface area contributed by atoms with E-state index in [4.69, 9.17) is 35.3 Å². The van der Waals surface area contributed by atoms with Crippen LogP contribution in [0.5, 0.6) is 17.2 Å².